The lowest BCUT2D eigenvalue weighted by molar-refractivity contribution is -0.116. The molecule has 21 heavy (non-hydrogen) atoms. The van der Waals surface area contributed by atoms with Gasteiger partial charge < -0.3 is 15.8 Å². The molecule has 0 radical (unpaired) electrons. The van der Waals surface area contributed by atoms with Crippen LogP contribution in [0.25, 0.3) is 0 Å². The van der Waals surface area contributed by atoms with Crippen molar-refractivity contribution >= 4 is 17.3 Å². The highest BCUT2D eigenvalue weighted by Gasteiger charge is 2.04. The normalized spacial score (nSPS) is 10.2. The molecule has 3 N–H and O–H groups in total. The molecule has 110 valence electrons. The molecule has 0 saturated heterocycles. The summed E-state index contributed by atoms with van der Waals surface area (Å²) >= 11 is 0. The summed E-state index contributed by atoms with van der Waals surface area (Å²) < 4.78 is 5.61. The van der Waals surface area contributed by atoms with Crippen LogP contribution in [0.15, 0.2) is 42.5 Å². The number of carbonyl (C=O) groups is 1. The van der Waals surface area contributed by atoms with Gasteiger partial charge >= 0.3 is 0 Å². The number of hydrogen-bond donors (Lipinski definition) is 2. The predicted molar refractivity (Wildman–Crippen MR) is 85.5 cm³/mol. The van der Waals surface area contributed by atoms with E-state index in [9.17, 15) is 4.79 Å². The molecule has 0 saturated carbocycles. The van der Waals surface area contributed by atoms with Crippen molar-refractivity contribution in [2.45, 2.75) is 20.3 Å². The zero-order valence-corrected chi connectivity index (χ0v) is 12.3. The topological polar surface area (TPSA) is 64.3 Å². The maximum absolute atomic E-state index is 11.8. The minimum absolute atomic E-state index is 0.0926. The van der Waals surface area contributed by atoms with Crippen molar-refractivity contribution in [3.05, 3.63) is 53.6 Å². The summed E-state index contributed by atoms with van der Waals surface area (Å²) in [6.45, 7) is 4.38. The quantitative estimate of drug-likeness (QED) is 0.828. The first-order valence-electron chi connectivity index (χ1n) is 6.89. The summed E-state index contributed by atoms with van der Waals surface area (Å²) in [5.41, 5.74) is 9.28. The number of ether oxygens (including phenoxy) is 1. The van der Waals surface area contributed by atoms with Crippen LogP contribution in [0.5, 0.6) is 5.75 Å². The van der Waals surface area contributed by atoms with Gasteiger partial charge in [-0.1, -0.05) is 12.1 Å². The molecule has 4 heteroatoms. The molecule has 1 amide bonds. The van der Waals surface area contributed by atoms with Crippen molar-refractivity contribution in [2.75, 3.05) is 17.7 Å². The van der Waals surface area contributed by atoms with Gasteiger partial charge in [-0.2, -0.15) is 0 Å². The van der Waals surface area contributed by atoms with Gasteiger partial charge in [0, 0.05) is 11.4 Å². The Hall–Kier alpha value is -2.49. The van der Waals surface area contributed by atoms with Crippen molar-refractivity contribution < 1.29 is 9.53 Å². The number of anilines is 2. The smallest absolute Gasteiger partial charge is 0.227 e. The predicted octanol–water partition coefficient (Wildman–Crippen LogP) is 3.29. The lowest BCUT2D eigenvalue weighted by atomic mass is 10.1. The van der Waals surface area contributed by atoms with Crippen molar-refractivity contribution in [1.82, 2.24) is 0 Å². The third-order valence-electron chi connectivity index (χ3n) is 2.96. The monoisotopic (exact) mass is 284 g/mol. The number of rotatable bonds is 5. The van der Waals surface area contributed by atoms with Gasteiger partial charge in [-0.25, -0.2) is 0 Å². The summed E-state index contributed by atoms with van der Waals surface area (Å²) in [7, 11) is 0. The summed E-state index contributed by atoms with van der Waals surface area (Å²) in [4.78, 5) is 11.8. The van der Waals surface area contributed by atoms with Crippen molar-refractivity contribution in [3.63, 3.8) is 0 Å². The molecule has 0 spiro atoms. The Bertz CT molecular complexity index is 618. The number of nitrogens with two attached hydrogens (primary N) is 1. The van der Waals surface area contributed by atoms with E-state index in [4.69, 9.17) is 10.5 Å². The van der Waals surface area contributed by atoms with Gasteiger partial charge in [-0.3, -0.25) is 4.79 Å². The Morgan fingerprint density at radius 2 is 1.86 bits per heavy atom. The number of hydrogen-bond acceptors (Lipinski definition) is 3. The van der Waals surface area contributed by atoms with E-state index in [1.165, 1.54) is 0 Å². The molecule has 2 rings (SSSR count). The van der Waals surface area contributed by atoms with E-state index >= 15 is 0 Å². The van der Waals surface area contributed by atoms with Crippen LogP contribution in [-0.4, -0.2) is 12.5 Å². The molecule has 2 aromatic rings. The minimum atomic E-state index is -0.0926. The van der Waals surface area contributed by atoms with E-state index in [1.54, 1.807) is 24.3 Å². The minimum Gasteiger partial charge on any atom is -0.493 e. The average Bonchev–Trinajstić information content (AvgIpc) is 2.37. The van der Waals surface area contributed by atoms with Gasteiger partial charge in [0.2, 0.25) is 5.91 Å². The molecular formula is C17H20N2O2. The molecule has 0 aliphatic carbocycles. The average molecular weight is 284 g/mol. The van der Waals surface area contributed by atoms with Crippen molar-refractivity contribution in [1.29, 1.82) is 0 Å². The van der Waals surface area contributed by atoms with Crippen LogP contribution >= 0.6 is 0 Å². The zero-order chi connectivity index (χ0) is 15.2. The van der Waals surface area contributed by atoms with Gasteiger partial charge in [-0.15, -0.1) is 0 Å². The van der Waals surface area contributed by atoms with Crippen LogP contribution < -0.4 is 15.8 Å². The standard InChI is InChI=1S/C17H20N2O2/c1-12-8-13(2)10-16(9-12)21-7-6-17(20)19-15-5-3-4-14(18)11-15/h3-5,8-11H,6-7,18H2,1-2H3,(H,19,20). The first-order valence-corrected chi connectivity index (χ1v) is 6.89. The van der Waals surface area contributed by atoms with E-state index in [0.717, 1.165) is 16.9 Å². The fraction of sp³-hybridized carbons (Fsp3) is 0.235. The van der Waals surface area contributed by atoms with Crippen molar-refractivity contribution in [2.24, 2.45) is 0 Å². The van der Waals surface area contributed by atoms with E-state index in [1.807, 2.05) is 26.0 Å². The van der Waals surface area contributed by atoms with E-state index in [-0.39, 0.29) is 5.91 Å². The van der Waals surface area contributed by atoms with E-state index < -0.39 is 0 Å². The van der Waals surface area contributed by atoms with Crippen LogP contribution in [0.1, 0.15) is 17.5 Å². The molecule has 0 aromatic heterocycles. The molecule has 0 unspecified atom stereocenters. The van der Waals surface area contributed by atoms with E-state index in [2.05, 4.69) is 11.4 Å². The van der Waals surface area contributed by atoms with Crippen LogP contribution in [0.2, 0.25) is 0 Å². The van der Waals surface area contributed by atoms with Crippen LogP contribution in [0.3, 0.4) is 0 Å². The second-order valence-electron chi connectivity index (χ2n) is 5.10. The van der Waals surface area contributed by atoms with Gasteiger partial charge in [0.15, 0.2) is 0 Å². The fourth-order valence-corrected chi connectivity index (χ4v) is 2.12. The molecule has 0 bridgehead atoms. The molecule has 0 heterocycles. The molecule has 0 fully saturated rings. The SMILES string of the molecule is Cc1cc(C)cc(OCCC(=O)Nc2cccc(N)c2)c1. The summed E-state index contributed by atoms with van der Waals surface area (Å²) in [6.07, 6.45) is 0.293. The molecule has 4 nitrogen and oxygen atoms in total. The number of nitrogen functional groups attached to an aromatic ring is 1. The van der Waals surface area contributed by atoms with Gasteiger partial charge in [0.1, 0.15) is 5.75 Å². The molecule has 0 atom stereocenters. The Balaban J connectivity index is 1.81. The van der Waals surface area contributed by atoms with Crippen molar-refractivity contribution in [3.8, 4) is 5.75 Å². The van der Waals surface area contributed by atoms with Crippen LogP contribution in [-0.2, 0) is 4.79 Å². The highest BCUT2D eigenvalue weighted by atomic mass is 16.5. The van der Waals surface area contributed by atoms with Gasteiger partial charge in [0.25, 0.3) is 0 Å². The number of carbonyl (C=O) groups excluding carboxylic acids is 1. The molecular weight excluding hydrogens is 264 g/mol. The number of benzene rings is 2. The summed E-state index contributed by atoms with van der Waals surface area (Å²) in [6, 6.07) is 13.1. The highest BCUT2D eigenvalue weighted by molar-refractivity contribution is 5.91. The first kappa shape index (κ1) is 14.9. The number of amides is 1. The maximum atomic E-state index is 11.8. The second-order valence-corrected chi connectivity index (χ2v) is 5.10. The molecule has 0 aliphatic heterocycles. The Kier molecular flexibility index (Phi) is 4.82. The third kappa shape index (κ3) is 4.84. The van der Waals surface area contributed by atoms with Gasteiger partial charge in [-0.05, 0) is 55.3 Å². The largest absolute Gasteiger partial charge is 0.493 e. The van der Waals surface area contributed by atoms with Gasteiger partial charge in [0.05, 0.1) is 13.0 Å². The zero-order valence-electron chi connectivity index (χ0n) is 12.3. The Labute approximate surface area is 124 Å². The lowest BCUT2D eigenvalue weighted by Crippen LogP contribution is -2.15. The molecule has 2 aromatic carbocycles. The second kappa shape index (κ2) is 6.79. The fourth-order valence-electron chi connectivity index (χ4n) is 2.12. The number of aryl methyl sites for hydroxylation is 2. The Morgan fingerprint density at radius 1 is 1.14 bits per heavy atom. The summed E-state index contributed by atoms with van der Waals surface area (Å²) in [5.74, 6) is 0.703. The molecule has 0 aliphatic rings. The van der Waals surface area contributed by atoms with Crippen LogP contribution in [0.4, 0.5) is 11.4 Å². The maximum Gasteiger partial charge on any atom is 0.227 e. The third-order valence-corrected chi connectivity index (χ3v) is 2.96. The Morgan fingerprint density at radius 3 is 2.52 bits per heavy atom. The summed E-state index contributed by atoms with van der Waals surface area (Å²) in [5, 5.41) is 2.79. The van der Waals surface area contributed by atoms with Crippen LogP contribution in [0, 0.1) is 13.8 Å². The lowest BCUT2D eigenvalue weighted by Gasteiger charge is -2.09. The number of nitrogens with one attached hydrogen (secondary N) is 1. The first-order chi connectivity index (χ1) is 10.0. The highest BCUT2D eigenvalue weighted by Crippen LogP contribution is 2.16. The van der Waals surface area contributed by atoms with E-state index in [0.29, 0.717) is 24.4 Å².